The molecule has 0 aromatic heterocycles. The summed E-state index contributed by atoms with van der Waals surface area (Å²) >= 11 is 0. The Morgan fingerprint density at radius 1 is 1.11 bits per heavy atom. The van der Waals surface area contributed by atoms with E-state index < -0.39 is 0 Å². The highest BCUT2D eigenvalue weighted by atomic mass is 16.3. The van der Waals surface area contributed by atoms with Crippen molar-refractivity contribution >= 4 is 5.91 Å². The number of carbonyl (C=O) groups is 1. The minimum absolute atomic E-state index is 0.137. The summed E-state index contributed by atoms with van der Waals surface area (Å²) < 4.78 is 0. The van der Waals surface area contributed by atoms with Gasteiger partial charge in [-0.3, -0.25) is 4.79 Å². The second-order valence-corrected chi connectivity index (χ2v) is 6.51. The van der Waals surface area contributed by atoms with Gasteiger partial charge in [-0.25, -0.2) is 0 Å². The number of carbonyl (C=O) groups excluding carboxylic acids is 1. The second-order valence-electron chi connectivity index (χ2n) is 6.51. The molecule has 19 heavy (non-hydrogen) atoms. The van der Waals surface area contributed by atoms with Crippen molar-refractivity contribution in [3.63, 3.8) is 0 Å². The summed E-state index contributed by atoms with van der Waals surface area (Å²) in [4.78, 5) is 14.1. The molecule has 0 heterocycles. The molecule has 0 aromatic rings. The molecule has 0 saturated heterocycles. The van der Waals surface area contributed by atoms with E-state index in [1.165, 1.54) is 32.1 Å². The first-order chi connectivity index (χ1) is 9.16. The van der Waals surface area contributed by atoms with Crippen LogP contribution in [0.2, 0.25) is 0 Å². The first-order valence-electron chi connectivity index (χ1n) is 8.10. The highest BCUT2D eigenvalue weighted by Gasteiger charge is 2.25. The Hall–Kier alpha value is -0.570. The summed E-state index contributed by atoms with van der Waals surface area (Å²) in [6.07, 6.45) is 12.0. The molecule has 0 spiro atoms. The molecule has 0 aromatic carbocycles. The van der Waals surface area contributed by atoms with E-state index in [2.05, 4.69) is 0 Å². The van der Waals surface area contributed by atoms with Crippen LogP contribution < -0.4 is 0 Å². The minimum Gasteiger partial charge on any atom is -0.393 e. The van der Waals surface area contributed by atoms with E-state index in [9.17, 15) is 9.90 Å². The van der Waals surface area contributed by atoms with Crippen LogP contribution in [0.1, 0.15) is 70.6 Å². The smallest absolute Gasteiger partial charge is 0.222 e. The number of aliphatic hydroxyl groups excluding tert-OH is 1. The Kier molecular flexibility index (Phi) is 5.68. The van der Waals surface area contributed by atoms with Crippen LogP contribution in [0.15, 0.2) is 0 Å². The van der Waals surface area contributed by atoms with E-state index in [0.29, 0.717) is 18.4 Å². The summed E-state index contributed by atoms with van der Waals surface area (Å²) in [5, 5.41) is 9.51. The zero-order valence-electron chi connectivity index (χ0n) is 12.3. The number of hydrogen-bond acceptors (Lipinski definition) is 2. The van der Waals surface area contributed by atoms with Gasteiger partial charge in [-0.2, -0.15) is 0 Å². The van der Waals surface area contributed by atoms with Crippen molar-refractivity contribution in [3.8, 4) is 0 Å². The molecule has 2 rings (SSSR count). The molecule has 1 N–H and O–H groups in total. The quantitative estimate of drug-likeness (QED) is 0.831. The van der Waals surface area contributed by atoms with Crippen LogP contribution in [-0.4, -0.2) is 35.1 Å². The Morgan fingerprint density at radius 2 is 1.74 bits per heavy atom. The first-order valence-corrected chi connectivity index (χ1v) is 8.10. The van der Waals surface area contributed by atoms with Gasteiger partial charge < -0.3 is 10.0 Å². The van der Waals surface area contributed by atoms with Crippen LogP contribution >= 0.6 is 0 Å². The fraction of sp³-hybridized carbons (Fsp3) is 0.938. The van der Waals surface area contributed by atoms with E-state index in [4.69, 9.17) is 0 Å². The van der Waals surface area contributed by atoms with Gasteiger partial charge in [-0.15, -0.1) is 0 Å². The molecule has 0 atom stereocenters. The largest absolute Gasteiger partial charge is 0.393 e. The first kappa shape index (κ1) is 14.8. The molecule has 2 aliphatic rings. The Balaban J connectivity index is 1.64. The predicted molar refractivity (Wildman–Crippen MR) is 76.8 cm³/mol. The summed E-state index contributed by atoms with van der Waals surface area (Å²) in [5.74, 6) is 1.20. The van der Waals surface area contributed by atoms with Gasteiger partial charge in [0.05, 0.1) is 6.10 Å². The van der Waals surface area contributed by atoms with Gasteiger partial charge in [0, 0.05) is 19.5 Å². The fourth-order valence-corrected chi connectivity index (χ4v) is 3.67. The highest BCUT2D eigenvalue weighted by Crippen LogP contribution is 2.29. The predicted octanol–water partition coefficient (Wildman–Crippen LogP) is 3.11. The lowest BCUT2D eigenvalue weighted by atomic mass is 9.92. The molecule has 3 heteroatoms. The molecule has 2 fully saturated rings. The highest BCUT2D eigenvalue weighted by molar-refractivity contribution is 5.76. The van der Waals surface area contributed by atoms with E-state index in [0.717, 1.165) is 38.0 Å². The Labute approximate surface area is 117 Å². The molecule has 1 amide bonds. The van der Waals surface area contributed by atoms with Gasteiger partial charge in [0.1, 0.15) is 0 Å². The second kappa shape index (κ2) is 7.28. The maximum atomic E-state index is 12.2. The van der Waals surface area contributed by atoms with Crippen molar-refractivity contribution in [3.05, 3.63) is 0 Å². The van der Waals surface area contributed by atoms with E-state index in [1.54, 1.807) is 0 Å². The molecule has 0 unspecified atom stereocenters. The van der Waals surface area contributed by atoms with Crippen molar-refractivity contribution in [1.29, 1.82) is 0 Å². The number of nitrogens with zero attached hydrogens (tertiary/aromatic N) is 1. The third kappa shape index (κ3) is 4.48. The maximum absolute atomic E-state index is 12.2. The van der Waals surface area contributed by atoms with Crippen LogP contribution in [-0.2, 0) is 4.79 Å². The molecule has 110 valence electrons. The lowest BCUT2D eigenvalue weighted by Crippen LogP contribution is -2.40. The molecule has 3 nitrogen and oxygen atoms in total. The van der Waals surface area contributed by atoms with Crippen LogP contribution in [0.5, 0.6) is 0 Å². The Bertz CT molecular complexity index is 278. The lowest BCUT2D eigenvalue weighted by molar-refractivity contribution is -0.133. The van der Waals surface area contributed by atoms with Gasteiger partial charge in [0.25, 0.3) is 0 Å². The number of amides is 1. The summed E-state index contributed by atoms with van der Waals surface area (Å²) in [6.45, 7) is 0. The van der Waals surface area contributed by atoms with Gasteiger partial charge in [0.15, 0.2) is 0 Å². The van der Waals surface area contributed by atoms with Crippen molar-refractivity contribution in [2.24, 2.45) is 5.92 Å². The lowest BCUT2D eigenvalue weighted by Gasteiger charge is -2.33. The molecular weight excluding hydrogens is 238 g/mol. The number of hydrogen-bond donors (Lipinski definition) is 1. The van der Waals surface area contributed by atoms with E-state index in [-0.39, 0.29) is 6.10 Å². The zero-order chi connectivity index (χ0) is 13.7. The molecular formula is C16H29NO2. The topological polar surface area (TPSA) is 40.5 Å². The summed E-state index contributed by atoms with van der Waals surface area (Å²) in [5.41, 5.74) is 0. The van der Waals surface area contributed by atoms with Gasteiger partial charge >= 0.3 is 0 Å². The fourth-order valence-electron chi connectivity index (χ4n) is 3.67. The maximum Gasteiger partial charge on any atom is 0.222 e. The Morgan fingerprint density at radius 3 is 2.37 bits per heavy atom. The third-order valence-corrected chi connectivity index (χ3v) is 5.09. The van der Waals surface area contributed by atoms with Crippen LogP contribution in [0, 0.1) is 5.92 Å². The molecule has 0 bridgehead atoms. The van der Waals surface area contributed by atoms with Crippen LogP contribution in [0.25, 0.3) is 0 Å². The SMILES string of the molecule is CN(C(=O)CCCC1CCCC1)C1CCC(O)CC1. The summed E-state index contributed by atoms with van der Waals surface area (Å²) in [7, 11) is 1.94. The summed E-state index contributed by atoms with van der Waals surface area (Å²) in [6, 6.07) is 0.363. The monoisotopic (exact) mass is 267 g/mol. The van der Waals surface area contributed by atoms with Crippen LogP contribution in [0.3, 0.4) is 0 Å². The zero-order valence-corrected chi connectivity index (χ0v) is 12.3. The van der Waals surface area contributed by atoms with Crippen molar-refractivity contribution in [2.75, 3.05) is 7.05 Å². The normalized spacial score (nSPS) is 28.5. The van der Waals surface area contributed by atoms with Crippen molar-refractivity contribution in [2.45, 2.75) is 82.8 Å². The van der Waals surface area contributed by atoms with Gasteiger partial charge in [-0.1, -0.05) is 25.7 Å². The number of aliphatic hydroxyl groups is 1. The minimum atomic E-state index is -0.137. The standard InChI is InChI=1S/C16H29NO2/c1-17(14-9-11-15(18)12-10-14)16(19)8-4-7-13-5-2-3-6-13/h13-15,18H,2-12H2,1H3. The average molecular weight is 267 g/mol. The molecule has 2 saturated carbocycles. The molecule has 0 aliphatic heterocycles. The third-order valence-electron chi connectivity index (χ3n) is 5.09. The molecule has 2 aliphatic carbocycles. The number of rotatable bonds is 5. The molecule has 0 radical (unpaired) electrons. The van der Waals surface area contributed by atoms with E-state index in [1.807, 2.05) is 11.9 Å². The van der Waals surface area contributed by atoms with E-state index >= 15 is 0 Å². The van der Waals surface area contributed by atoms with Crippen molar-refractivity contribution < 1.29 is 9.90 Å². The van der Waals surface area contributed by atoms with Crippen LogP contribution in [0.4, 0.5) is 0 Å². The van der Waals surface area contributed by atoms with Crippen molar-refractivity contribution in [1.82, 2.24) is 4.90 Å². The van der Waals surface area contributed by atoms with Gasteiger partial charge in [0.2, 0.25) is 5.91 Å². The van der Waals surface area contributed by atoms with Gasteiger partial charge in [-0.05, 0) is 44.4 Å². The average Bonchev–Trinajstić information content (AvgIpc) is 2.92.